The van der Waals surface area contributed by atoms with E-state index in [1.54, 1.807) is 0 Å². The van der Waals surface area contributed by atoms with Crippen LogP contribution in [0.5, 0.6) is 0 Å². The highest BCUT2D eigenvalue weighted by molar-refractivity contribution is 7.91. The summed E-state index contributed by atoms with van der Waals surface area (Å²) >= 11 is 1.46. The van der Waals surface area contributed by atoms with E-state index >= 15 is 0 Å². The lowest BCUT2D eigenvalue weighted by atomic mass is 10.1. The van der Waals surface area contributed by atoms with E-state index in [0.29, 0.717) is 12.1 Å². The quantitative estimate of drug-likeness (QED) is 0.930. The van der Waals surface area contributed by atoms with Crippen LogP contribution in [0.3, 0.4) is 0 Å². The van der Waals surface area contributed by atoms with Crippen LogP contribution in [-0.4, -0.2) is 36.9 Å². The minimum atomic E-state index is -3.01. The van der Waals surface area contributed by atoms with E-state index in [1.165, 1.54) is 11.3 Å². The van der Waals surface area contributed by atoms with Crippen LogP contribution in [-0.2, 0) is 9.84 Å². The number of nitrogens with zero attached hydrogens (tertiary/aromatic N) is 1. The maximum Gasteiger partial charge on any atom is 0.271 e. The van der Waals surface area contributed by atoms with Crippen LogP contribution < -0.4 is 5.32 Å². The van der Waals surface area contributed by atoms with Crippen molar-refractivity contribution < 1.29 is 13.2 Å². The predicted molar refractivity (Wildman–Crippen MR) is 86.8 cm³/mol. The van der Waals surface area contributed by atoms with Crippen LogP contribution in [0.1, 0.15) is 21.9 Å². The third-order valence-electron chi connectivity index (χ3n) is 3.55. The Hall–Kier alpha value is -1.73. The summed E-state index contributed by atoms with van der Waals surface area (Å²) in [5, 5.41) is 3.61. The van der Waals surface area contributed by atoms with E-state index in [4.69, 9.17) is 0 Å². The Morgan fingerprint density at radius 3 is 2.68 bits per heavy atom. The summed E-state index contributed by atoms with van der Waals surface area (Å²) in [7, 11) is -3.01. The molecule has 5 nitrogen and oxygen atoms in total. The Balaban J connectivity index is 1.84. The van der Waals surface area contributed by atoms with Crippen LogP contribution >= 0.6 is 11.3 Å². The van der Waals surface area contributed by atoms with Gasteiger partial charge in [-0.15, -0.1) is 11.3 Å². The lowest BCUT2D eigenvalue weighted by Crippen LogP contribution is -2.36. The van der Waals surface area contributed by atoms with Gasteiger partial charge >= 0.3 is 0 Å². The molecule has 0 bridgehead atoms. The first-order valence-electron chi connectivity index (χ1n) is 6.99. The van der Waals surface area contributed by atoms with Crippen molar-refractivity contribution in [2.75, 3.05) is 11.5 Å². The molecule has 0 saturated carbocycles. The summed E-state index contributed by atoms with van der Waals surface area (Å²) < 4.78 is 23.0. The predicted octanol–water partition coefficient (Wildman–Crippen LogP) is 2.04. The lowest BCUT2D eigenvalue weighted by molar-refractivity contribution is 0.0937. The average molecular weight is 336 g/mol. The van der Waals surface area contributed by atoms with Gasteiger partial charge in [0.2, 0.25) is 0 Å². The molecule has 2 aromatic rings. The van der Waals surface area contributed by atoms with Crippen molar-refractivity contribution >= 4 is 27.1 Å². The number of aryl methyl sites for hydroxylation is 1. The smallest absolute Gasteiger partial charge is 0.271 e. The molecule has 1 saturated heterocycles. The Morgan fingerprint density at radius 2 is 2.05 bits per heavy atom. The molecule has 1 fully saturated rings. The number of hydrogen-bond donors (Lipinski definition) is 1. The first-order chi connectivity index (χ1) is 10.4. The number of amides is 1. The number of aromatic nitrogens is 1. The molecular formula is C15H16N2O3S2. The van der Waals surface area contributed by atoms with Crippen molar-refractivity contribution in [2.45, 2.75) is 19.4 Å². The SMILES string of the molecule is Cc1nc(C(=O)NC2CCS(=O)(=O)C2)c(-c2ccccc2)s1. The van der Waals surface area contributed by atoms with Crippen molar-refractivity contribution in [1.82, 2.24) is 10.3 Å². The highest BCUT2D eigenvalue weighted by atomic mass is 32.2. The van der Waals surface area contributed by atoms with Gasteiger partial charge in [-0.3, -0.25) is 4.79 Å². The van der Waals surface area contributed by atoms with Crippen LogP contribution in [0.15, 0.2) is 30.3 Å². The van der Waals surface area contributed by atoms with Crippen LogP contribution in [0.25, 0.3) is 10.4 Å². The summed E-state index contributed by atoms with van der Waals surface area (Å²) in [4.78, 5) is 17.6. The van der Waals surface area contributed by atoms with Crippen molar-refractivity contribution in [3.05, 3.63) is 41.0 Å². The molecule has 1 aliphatic heterocycles. The monoisotopic (exact) mass is 336 g/mol. The number of rotatable bonds is 3. The Labute approximate surface area is 133 Å². The molecular weight excluding hydrogens is 320 g/mol. The van der Waals surface area contributed by atoms with Gasteiger partial charge in [-0.05, 0) is 18.9 Å². The van der Waals surface area contributed by atoms with Crippen LogP contribution in [0, 0.1) is 6.92 Å². The normalized spacial score (nSPS) is 20.0. The second-order valence-corrected chi connectivity index (χ2v) is 8.78. The molecule has 1 aromatic heterocycles. The molecule has 1 aliphatic rings. The van der Waals surface area contributed by atoms with E-state index in [0.717, 1.165) is 15.4 Å². The van der Waals surface area contributed by atoms with E-state index in [2.05, 4.69) is 10.3 Å². The molecule has 0 aliphatic carbocycles. The molecule has 1 amide bonds. The highest BCUT2D eigenvalue weighted by Gasteiger charge is 2.30. The van der Waals surface area contributed by atoms with Crippen molar-refractivity contribution in [1.29, 1.82) is 0 Å². The maximum atomic E-state index is 12.5. The third-order valence-corrected chi connectivity index (χ3v) is 6.34. The zero-order valence-corrected chi connectivity index (χ0v) is 13.7. The van der Waals surface area contributed by atoms with Gasteiger partial charge in [0.1, 0.15) is 5.69 Å². The molecule has 22 heavy (non-hydrogen) atoms. The van der Waals surface area contributed by atoms with Gasteiger partial charge in [0.15, 0.2) is 9.84 Å². The van der Waals surface area contributed by atoms with Gasteiger partial charge in [-0.25, -0.2) is 13.4 Å². The minimum absolute atomic E-state index is 0.0164. The minimum Gasteiger partial charge on any atom is -0.347 e. The Morgan fingerprint density at radius 1 is 1.32 bits per heavy atom. The average Bonchev–Trinajstić information content (AvgIpc) is 3.02. The van der Waals surface area contributed by atoms with Gasteiger partial charge in [-0.2, -0.15) is 0 Å². The van der Waals surface area contributed by atoms with Crippen LogP contribution in [0.4, 0.5) is 0 Å². The second-order valence-electron chi connectivity index (χ2n) is 5.35. The lowest BCUT2D eigenvalue weighted by Gasteiger charge is -2.10. The van der Waals surface area contributed by atoms with Gasteiger partial charge in [0.05, 0.1) is 21.4 Å². The summed E-state index contributed by atoms with van der Waals surface area (Å²) in [6.07, 6.45) is 0.470. The van der Waals surface area contributed by atoms with Crippen molar-refractivity contribution in [3.63, 3.8) is 0 Å². The van der Waals surface area contributed by atoms with Crippen LogP contribution in [0.2, 0.25) is 0 Å². The number of hydrogen-bond acceptors (Lipinski definition) is 5. The first-order valence-corrected chi connectivity index (χ1v) is 9.62. The first kappa shape index (κ1) is 15.2. The van der Waals surface area contributed by atoms with Gasteiger partial charge in [0, 0.05) is 6.04 Å². The number of carbonyl (C=O) groups excluding carboxylic acids is 1. The molecule has 1 aromatic carbocycles. The third kappa shape index (κ3) is 3.20. The fourth-order valence-corrected chi connectivity index (χ4v) is 5.12. The summed E-state index contributed by atoms with van der Waals surface area (Å²) in [6.45, 7) is 1.86. The number of benzene rings is 1. The van der Waals surface area contributed by atoms with Gasteiger partial charge < -0.3 is 5.32 Å². The van der Waals surface area contributed by atoms with Crippen molar-refractivity contribution in [2.24, 2.45) is 0 Å². The van der Waals surface area contributed by atoms with E-state index in [9.17, 15) is 13.2 Å². The molecule has 1 N–H and O–H groups in total. The number of sulfone groups is 1. The summed E-state index contributed by atoms with van der Waals surface area (Å²) in [6, 6.07) is 9.29. The fourth-order valence-electron chi connectivity index (χ4n) is 2.53. The van der Waals surface area contributed by atoms with Gasteiger partial charge in [0.25, 0.3) is 5.91 Å². The molecule has 0 spiro atoms. The largest absolute Gasteiger partial charge is 0.347 e. The zero-order chi connectivity index (χ0) is 15.7. The number of nitrogens with one attached hydrogen (secondary N) is 1. The topological polar surface area (TPSA) is 76.1 Å². The fraction of sp³-hybridized carbons (Fsp3) is 0.333. The van der Waals surface area contributed by atoms with E-state index < -0.39 is 9.84 Å². The number of carbonyl (C=O) groups is 1. The van der Waals surface area contributed by atoms with Gasteiger partial charge in [-0.1, -0.05) is 30.3 Å². The molecule has 7 heteroatoms. The summed E-state index contributed by atoms with van der Waals surface area (Å²) in [5.41, 5.74) is 1.32. The second kappa shape index (κ2) is 5.81. The van der Waals surface area contributed by atoms with Crippen molar-refractivity contribution in [3.8, 4) is 10.4 Å². The molecule has 3 rings (SSSR count). The Kier molecular flexibility index (Phi) is 4.01. The molecule has 0 radical (unpaired) electrons. The molecule has 1 atom stereocenters. The van der Waals surface area contributed by atoms with E-state index in [1.807, 2.05) is 37.3 Å². The maximum absolute atomic E-state index is 12.5. The molecule has 1 unspecified atom stereocenters. The number of thiazole rings is 1. The molecule has 2 heterocycles. The Bertz CT molecular complexity index is 797. The summed E-state index contributed by atoms with van der Waals surface area (Å²) in [5.74, 6) is -0.146. The molecule has 116 valence electrons. The zero-order valence-electron chi connectivity index (χ0n) is 12.1. The standard InChI is InChI=1S/C15H16N2O3S2/c1-10-16-13(14(21-10)11-5-3-2-4-6-11)15(18)17-12-7-8-22(19,20)9-12/h2-6,12H,7-9H2,1H3,(H,17,18). The van der Waals surface area contributed by atoms with E-state index in [-0.39, 0.29) is 23.5 Å². The highest BCUT2D eigenvalue weighted by Crippen LogP contribution is 2.30.